The van der Waals surface area contributed by atoms with Crippen molar-refractivity contribution in [3.05, 3.63) is 40.2 Å². The fourth-order valence-electron chi connectivity index (χ4n) is 1.87. The lowest BCUT2D eigenvalue weighted by atomic mass is 10.1. The van der Waals surface area contributed by atoms with Crippen LogP contribution < -0.4 is 5.32 Å². The van der Waals surface area contributed by atoms with Gasteiger partial charge in [-0.05, 0) is 13.3 Å². The number of aromatic nitrogens is 1. The summed E-state index contributed by atoms with van der Waals surface area (Å²) in [5.41, 5.74) is 1.45. The van der Waals surface area contributed by atoms with Gasteiger partial charge in [0.05, 0.1) is 10.7 Å². The second kappa shape index (κ2) is 7.70. The highest BCUT2D eigenvalue weighted by molar-refractivity contribution is 7.14. The van der Waals surface area contributed by atoms with Crippen molar-refractivity contribution in [2.24, 2.45) is 0 Å². The molecule has 0 aliphatic rings. The minimum atomic E-state index is -0.517. The molecule has 0 bridgehead atoms. The third kappa shape index (κ3) is 4.14. The van der Waals surface area contributed by atoms with Crippen LogP contribution in [0.5, 0.6) is 0 Å². The molecule has 0 fully saturated rings. The van der Waals surface area contributed by atoms with Crippen LogP contribution in [0.1, 0.15) is 28.0 Å². The van der Waals surface area contributed by atoms with Crippen LogP contribution in [0.2, 0.25) is 0 Å². The summed E-state index contributed by atoms with van der Waals surface area (Å²) in [7, 11) is 0. The molecule has 0 unspecified atom stereocenters. The van der Waals surface area contributed by atoms with Crippen molar-refractivity contribution in [2.75, 3.05) is 13.2 Å². The summed E-state index contributed by atoms with van der Waals surface area (Å²) in [4.78, 5) is 28.5. The SMILES string of the molecule is CCCNC(=O)COC(=O)c1sc(C)nc1-c1ccccc1. The Morgan fingerprint density at radius 3 is 2.68 bits per heavy atom. The summed E-state index contributed by atoms with van der Waals surface area (Å²) < 4.78 is 5.08. The van der Waals surface area contributed by atoms with Crippen molar-refractivity contribution < 1.29 is 14.3 Å². The maximum absolute atomic E-state index is 12.2. The monoisotopic (exact) mass is 318 g/mol. The highest BCUT2D eigenvalue weighted by Crippen LogP contribution is 2.28. The standard InChI is InChI=1S/C16H18N2O3S/c1-3-9-17-13(19)10-21-16(20)15-14(18-11(2)22-15)12-7-5-4-6-8-12/h4-8H,3,9-10H2,1-2H3,(H,17,19). The van der Waals surface area contributed by atoms with Crippen LogP contribution in [-0.2, 0) is 9.53 Å². The molecular formula is C16H18N2O3S. The minimum Gasteiger partial charge on any atom is -0.451 e. The van der Waals surface area contributed by atoms with Gasteiger partial charge in [0.25, 0.3) is 5.91 Å². The number of hydrogen-bond donors (Lipinski definition) is 1. The number of ether oxygens (including phenoxy) is 1. The zero-order chi connectivity index (χ0) is 15.9. The first-order chi connectivity index (χ1) is 10.6. The highest BCUT2D eigenvalue weighted by atomic mass is 32.1. The Labute approximate surface area is 133 Å². The van der Waals surface area contributed by atoms with Gasteiger partial charge in [0.1, 0.15) is 4.88 Å². The van der Waals surface area contributed by atoms with Gasteiger partial charge in [-0.2, -0.15) is 0 Å². The van der Waals surface area contributed by atoms with Crippen LogP contribution in [0.15, 0.2) is 30.3 Å². The molecular weight excluding hydrogens is 300 g/mol. The fraction of sp³-hybridized carbons (Fsp3) is 0.312. The predicted molar refractivity (Wildman–Crippen MR) is 85.9 cm³/mol. The summed E-state index contributed by atoms with van der Waals surface area (Å²) in [6.45, 7) is 4.09. The molecule has 1 aromatic carbocycles. The van der Waals surface area contributed by atoms with Crippen molar-refractivity contribution in [3.63, 3.8) is 0 Å². The Kier molecular flexibility index (Phi) is 5.66. The molecule has 6 heteroatoms. The molecule has 1 amide bonds. The summed E-state index contributed by atoms with van der Waals surface area (Å²) in [6, 6.07) is 9.45. The van der Waals surface area contributed by atoms with Gasteiger partial charge in [0, 0.05) is 12.1 Å². The minimum absolute atomic E-state index is 0.274. The molecule has 22 heavy (non-hydrogen) atoms. The molecule has 0 radical (unpaired) electrons. The molecule has 0 aliphatic carbocycles. The van der Waals surface area contributed by atoms with E-state index in [1.165, 1.54) is 11.3 Å². The maximum Gasteiger partial charge on any atom is 0.351 e. The first kappa shape index (κ1) is 16.2. The van der Waals surface area contributed by atoms with Crippen LogP contribution in [-0.4, -0.2) is 30.0 Å². The molecule has 1 heterocycles. The average Bonchev–Trinajstić information content (AvgIpc) is 2.93. The molecule has 1 aromatic heterocycles. The van der Waals surface area contributed by atoms with Gasteiger partial charge in [0.15, 0.2) is 6.61 Å². The third-order valence-corrected chi connectivity index (χ3v) is 3.82. The number of rotatable bonds is 6. The lowest BCUT2D eigenvalue weighted by molar-refractivity contribution is -0.124. The van der Waals surface area contributed by atoms with Gasteiger partial charge >= 0.3 is 5.97 Å². The summed E-state index contributed by atoms with van der Waals surface area (Å²) in [6.07, 6.45) is 0.839. The molecule has 0 spiro atoms. The van der Waals surface area contributed by atoms with E-state index in [1.54, 1.807) is 0 Å². The molecule has 0 saturated carbocycles. The predicted octanol–water partition coefficient (Wildman–Crippen LogP) is 2.80. The lowest BCUT2D eigenvalue weighted by Crippen LogP contribution is -2.29. The second-order valence-corrected chi connectivity index (χ2v) is 5.91. The van der Waals surface area contributed by atoms with Gasteiger partial charge in [-0.15, -0.1) is 11.3 Å². The van der Waals surface area contributed by atoms with E-state index in [0.717, 1.165) is 17.0 Å². The Hall–Kier alpha value is -2.21. The molecule has 0 aliphatic heterocycles. The van der Waals surface area contributed by atoms with E-state index in [-0.39, 0.29) is 12.5 Å². The average molecular weight is 318 g/mol. The van der Waals surface area contributed by atoms with Crippen molar-refractivity contribution in [1.82, 2.24) is 10.3 Å². The highest BCUT2D eigenvalue weighted by Gasteiger charge is 2.20. The number of amides is 1. The van der Waals surface area contributed by atoms with E-state index in [2.05, 4.69) is 10.3 Å². The summed E-state index contributed by atoms with van der Waals surface area (Å²) in [5.74, 6) is -0.811. The van der Waals surface area contributed by atoms with Crippen molar-refractivity contribution in [3.8, 4) is 11.3 Å². The topological polar surface area (TPSA) is 68.3 Å². The number of nitrogens with zero attached hydrogens (tertiary/aromatic N) is 1. The van der Waals surface area contributed by atoms with E-state index >= 15 is 0 Å². The smallest absolute Gasteiger partial charge is 0.351 e. The van der Waals surface area contributed by atoms with Crippen LogP contribution in [0, 0.1) is 6.92 Å². The number of nitrogens with one attached hydrogen (secondary N) is 1. The maximum atomic E-state index is 12.2. The van der Waals surface area contributed by atoms with Crippen LogP contribution in [0.25, 0.3) is 11.3 Å². The Morgan fingerprint density at radius 2 is 2.00 bits per heavy atom. The molecule has 2 aromatic rings. The Morgan fingerprint density at radius 1 is 1.27 bits per heavy atom. The Bertz CT molecular complexity index is 653. The van der Waals surface area contributed by atoms with E-state index in [9.17, 15) is 9.59 Å². The van der Waals surface area contributed by atoms with Crippen molar-refractivity contribution >= 4 is 23.2 Å². The van der Waals surface area contributed by atoms with E-state index in [4.69, 9.17) is 4.74 Å². The van der Waals surface area contributed by atoms with Crippen LogP contribution in [0.3, 0.4) is 0 Å². The van der Waals surface area contributed by atoms with Gasteiger partial charge in [-0.1, -0.05) is 37.3 Å². The number of hydrogen-bond acceptors (Lipinski definition) is 5. The number of aryl methyl sites for hydroxylation is 1. The normalized spacial score (nSPS) is 10.3. The first-order valence-electron chi connectivity index (χ1n) is 7.08. The summed E-state index contributed by atoms with van der Waals surface area (Å²) >= 11 is 1.27. The van der Waals surface area contributed by atoms with Gasteiger partial charge < -0.3 is 10.1 Å². The fourth-order valence-corrected chi connectivity index (χ4v) is 2.70. The molecule has 116 valence electrons. The Balaban J connectivity index is 2.09. The van der Waals surface area contributed by atoms with Gasteiger partial charge in [-0.25, -0.2) is 9.78 Å². The number of carbonyl (C=O) groups excluding carboxylic acids is 2. The molecule has 2 rings (SSSR count). The van der Waals surface area contributed by atoms with E-state index in [1.807, 2.05) is 44.2 Å². The molecule has 1 N–H and O–H groups in total. The molecule has 0 saturated heterocycles. The van der Waals surface area contributed by atoms with Crippen molar-refractivity contribution in [1.29, 1.82) is 0 Å². The summed E-state index contributed by atoms with van der Waals surface area (Å²) in [5, 5.41) is 3.44. The zero-order valence-electron chi connectivity index (χ0n) is 12.6. The van der Waals surface area contributed by atoms with Crippen LogP contribution >= 0.6 is 11.3 Å². The largest absolute Gasteiger partial charge is 0.451 e. The van der Waals surface area contributed by atoms with Gasteiger partial charge in [-0.3, -0.25) is 4.79 Å². The molecule has 0 atom stereocenters. The third-order valence-electron chi connectivity index (χ3n) is 2.87. The first-order valence-corrected chi connectivity index (χ1v) is 7.90. The molecule has 5 nitrogen and oxygen atoms in total. The van der Waals surface area contributed by atoms with Gasteiger partial charge in [0.2, 0.25) is 0 Å². The van der Waals surface area contributed by atoms with E-state index in [0.29, 0.717) is 17.1 Å². The quantitative estimate of drug-likeness (QED) is 0.832. The number of thiazole rings is 1. The zero-order valence-corrected chi connectivity index (χ0v) is 13.4. The second-order valence-electron chi connectivity index (χ2n) is 4.70. The number of carbonyl (C=O) groups is 2. The van der Waals surface area contributed by atoms with Crippen molar-refractivity contribution in [2.45, 2.75) is 20.3 Å². The number of benzene rings is 1. The number of esters is 1. The van der Waals surface area contributed by atoms with E-state index < -0.39 is 5.97 Å². The van der Waals surface area contributed by atoms with Crippen LogP contribution in [0.4, 0.5) is 0 Å². The lowest BCUT2D eigenvalue weighted by Gasteiger charge is -2.05.